The van der Waals surface area contributed by atoms with Gasteiger partial charge in [-0.05, 0) is 37.7 Å². The van der Waals surface area contributed by atoms with E-state index in [1.165, 1.54) is 63.4 Å². The molecular formula is C25H43ClO3. The summed E-state index contributed by atoms with van der Waals surface area (Å²) in [6.45, 7) is 0.713. The quantitative estimate of drug-likeness (QED) is 0.134. The minimum atomic E-state index is -1.14. The number of ether oxygens (including phenoxy) is 1. The number of aliphatic hydroxyl groups excluding tert-OH is 1. The summed E-state index contributed by atoms with van der Waals surface area (Å²) in [5, 5.41) is 17.7. The Kier molecular flexibility index (Phi) is 17.6. The third-order valence-corrected chi connectivity index (χ3v) is 5.74. The second-order valence-corrected chi connectivity index (χ2v) is 8.57. The van der Waals surface area contributed by atoms with E-state index in [9.17, 15) is 0 Å². The van der Waals surface area contributed by atoms with Crippen molar-refractivity contribution >= 4 is 11.6 Å². The zero-order valence-electron chi connectivity index (χ0n) is 18.2. The molecule has 4 heteroatoms. The van der Waals surface area contributed by atoms with Crippen LogP contribution in [0.5, 0.6) is 0 Å². The van der Waals surface area contributed by atoms with Gasteiger partial charge in [0.2, 0.25) is 0 Å². The normalized spacial score (nSPS) is 12.6. The van der Waals surface area contributed by atoms with Crippen LogP contribution in [0.15, 0.2) is 30.3 Å². The molecule has 3 nitrogen and oxygen atoms in total. The topological polar surface area (TPSA) is 49.7 Å². The molecule has 1 aromatic rings. The summed E-state index contributed by atoms with van der Waals surface area (Å²) in [5.41, 5.74) is 1.25. The highest BCUT2D eigenvalue weighted by molar-refractivity contribution is 6.17. The molecule has 0 aliphatic heterocycles. The number of rotatable bonds is 20. The van der Waals surface area contributed by atoms with Gasteiger partial charge < -0.3 is 14.9 Å². The molecule has 1 aromatic carbocycles. The Balaban J connectivity index is 2.18. The number of hydrogen-bond donors (Lipinski definition) is 2. The Morgan fingerprint density at radius 1 is 0.655 bits per heavy atom. The van der Waals surface area contributed by atoms with E-state index in [0.717, 1.165) is 38.0 Å². The lowest BCUT2D eigenvalue weighted by atomic mass is 10.0. The van der Waals surface area contributed by atoms with Gasteiger partial charge in [-0.25, -0.2) is 0 Å². The number of aliphatic hydroxyl groups is 2. The zero-order chi connectivity index (χ0) is 21.0. The zero-order valence-corrected chi connectivity index (χ0v) is 19.0. The number of hydrogen-bond acceptors (Lipinski definition) is 3. The molecule has 0 radical (unpaired) electrons. The predicted octanol–water partition coefficient (Wildman–Crippen LogP) is 6.97. The first-order valence-corrected chi connectivity index (χ1v) is 12.3. The summed E-state index contributed by atoms with van der Waals surface area (Å²) < 4.78 is 6.27. The fourth-order valence-electron chi connectivity index (χ4n) is 3.68. The Morgan fingerprint density at radius 2 is 1.14 bits per heavy atom. The van der Waals surface area contributed by atoms with E-state index in [0.29, 0.717) is 19.1 Å². The maximum Gasteiger partial charge on any atom is 0.151 e. The summed E-state index contributed by atoms with van der Waals surface area (Å²) in [6, 6.07) is 10.5. The van der Waals surface area contributed by atoms with E-state index in [4.69, 9.17) is 26.6 Å². The van der Waals surface area contributed by atoms with Gasteiger partial charge in [0.25, 0.3) is 0 Å². The van der Waals surface area contributed by atoms with E-state index >= 15 is 0 Å². The SMILES string of the molecule is OC(O)CCCCCCCCC(CCCCCCCCCl)OCc1ccccc1. The minimum Gasteiger partial charge on any atom is -0.374 e. The van der Waals surface area contributed by atoms with Crippen LogP contribution in [0.1, 0.15) is 102 Å². The molecule has 29 heavy (non-hydrogen) atoms. The molecule has 0 aliphatic rings. The first-order valence-electron chi connectivity index (χ1n) is 11.8. The van der Waals surface area contributed by atoms with E-state index in [1.807, 2.05) is 6.07 Å². The lowest BCUT2D eigenvalue weighted by Crippen LogP contribution is -2.13. The molecular weight excluding hydrogens is 384 g/mol. The summed E-state index contributed by atoms with van der Waals surface area (Å²) in [5.74, 6) is 0.790. The Hall–Kier alpha value is -0.610. The number of benzene rings is 1. The van der Waals surface area contributed by atoms with Crippen LogP contribution in [0.2, 0.25) is 0 Å². The lowest BCUT2D eigenvalue weighted by molar-refractivity contribution is -0.0466. The number of halogens is 1. The molecule has 2 N–H and O–H groups in total. The van der Waals surface area contributed by atoms with Crippen molar-refractivity contribution < 1.29 is 14.9 Å². The molecule has 0 aromatic heterocycles. The van der Waals surface area contributed by atoms with Gasteiger partial charge in [-0.15, -0.1) is 11.6 Å². The lowest BCUT2D eigenvalue weighted by Gasteiger charge is -2.18. The number of unbranched alkanes of at least 4 members (excludes halogenated alkanes) is 10. The average molecular weight is 427 g/mol. The smallest absolute Gasteiger partial charge is 0.151 e. The third-order valence-electron chi connectivity index (χ3n) is 5.48. The Bertz CT molecular complexity index is 453. The molecule has 0 heterocycles. The molecule has 0 saturated carbocycles. The molecule has 1 atom stereocenters. The third kappa shape index (κ3) is 16.8. The summed E-state index contributed by atoms with van der Waals surface area (Å²) in [7, 11) is 0. The minimum absolute atomic E-state index is 0.364. The second kappa shape index (κ2) is 19.4. The van der Waals surface area contributed by atoms with Gasteiger partial charge in [-0.2, -0.15) is 0 Å². The molecule has 1 rings (SSSR count). The maximum atomic E-state index is 8.87. The van der Waals surface area contributed by atoms with Crippen LogP contribution in [-0.4, -0.2) is 28.5 Å². The van der Waals surface area contributed by atoms with Crippen molar-refractivity contribution in [2.75, 3.05) is 5.88 Å². The van der Waals surface area contributed by atoms with Crippen LogP contribution in [0, 0.1) is 0 Å². The second-order valence-electron chi connectivity index (χ2n) is 8.20. The van der Waals surface area contributed by atoms with E-state index in [1.54, 1.807) is 0 Å². The average Bonchev–Trinajstić information content (AvgIpc) is 2.73. The van der Waals surface area contributed by atoms with Crippen molar-refractivity contribution in [2.24, 2.45) is 0 Å². The van der Waals surface area contributed by atoms with E-state index < -0.39 is 6.29 Å². The monoisotopic (exact) mass is 426 g/mol. The molecule has 0 bridgehead atoms. The summed E-state index contributed by atoms with van der Waals surface area (Å²) >= 11 is 5.74. The van der Waals surface area contributed by atoms with Crippen LogP contribution in [0.4, 0.5) is 0 Å². The molecule has 1 unspecified atom stereocenters. The summed E-state index contributed by atoms with van der Waals surface area (Å²) in [6.07, 6.45) is 16.5. The molecule has 0 saturated heterocycles. The predicted molar refractivity (Wildman–Crippen MR) is 123 cm³/mol. The van der Waals surface area contributed by atoms with Crippen LogP contribution in [0.3, 0.4) is 0 Å². The van der Waals surface area contributed by atoms with Gasteiger partial charge >= 0.3 is 0 Å². The van der Waals surface area contributed by atoms with Gasteiger partial charge in [0.1, 0.15) is 0 Å². The van der Waals surface area contributed by atoms with Crippen molar-refractivity contribution in [1.82, 2.24) is 0 Å². The van der Waals surface area contributed by atoms with Gasteiger partial charge in [-0.3, -0.25) is 0 Å². The maximum absolute atomic E-state index is 8.87. The fraction of sp³-hybridized carbons (Fsp3) is 0.760. The standard InChI is InChI=1S/C25H43ClO3/c26-21-15-8-4-3-6-13-19-24(29-22-23-16-10-9-11-17-23)18-12-5-1-2-7-14-20-25(27)28/h9-11,16-17,24-25,27-28H,1-8,12-15,18-22H2. The van der Waals surface area contributed by atoms with Crippen molar-refractivity contribution in [3.63, 3.8) is 0 Å². The van der Waals surface area contributed by atoms with Crippen LogP contribution in [-0.2, 0) is 11.3 Å². The van der Waals surface area contributed by atoms with Gasteiger partial charge in [0.05, 0.1) is 12.7 Å². The fourth-order valence-corrected chi connectivity index (χ4v) is 3.87. The molecule has 168 valence electrons. The van der Waals surface area contributed by atoms with Gasteiger partial charge in [0.15, 0.2) is 6.29 Å². The first kappa shape index (κ1) is 26.4. The van der Waals surface area contributed by atoms with Crippen LogP contribution >= 0.6 is 11.6 Å². The van der Waals surface area contributed by atoms with E-state index in [-0.39, 0.29) is 0 Å². The van der Waals surface area contributed by atoms with Crippen molar-refractivity contribution in [1.29, 1.82) is 0 Å². The molecule has 0 fully saturated rings. The van der Waals surface area contributed by atoms with Crippen molar-refractivity contribution in [3.05, 3.63) is 35.9 Å². The molecule has 0 amide bonds. The largest absolute Gasteiger partial charge is 0.374 e. The van der Waals surface area contributed by atoms with Crippen LogP contribution in [0.25, 0.3) is 0 Å². The molecule has 0 aliphatic carbocycles. The first-order chi connectivity index (χ1) is 14.2. The highest BCUT2D eigenvalue weighted by Gasteiger charge is 2.09. The highest BCUT2D eigenvalue weighted by atomic mass is 35.5. The number of alkyl halides is 1. The summed E-state index contributed by atoms with van der Waals surface area (Å²) in [4.78, 5) is 0. The van der Waals surface area contributed by atoms with Crippen molar-refractivity contribution in [3.8, 4) is 0 Å². The van der Waals surface area contributed by atoms with Crippen molar-refractivity contribution in [2.45, 2.75) is 115 Å². The van der Waals surface area contributed by atoms with Crippen LogP contribution < -0.4 is 0 Å². The van der Waals surface area contributed by atoms with E-state index in [2.05, 4.69) is 24.3 Å². The van der Waals surface area contributed by atoms with Gasteiger partial charge in [-0.1, -0.05) is 94.5 Å². The van der Waals surface area contributed by atoms with Gasteiger partial charge in [0, 0.05) is 5.88 Å². The Morgan fingerprint density at radius 3 is 1.66 bits per heavy atom. The Labute approximate surface area is 183 Å². The molecule has 0 spiro atoms. The highest BCUT2D eigenvalue weighted by Crippen LogP contribution is 2.18.